The average Bonchev–Trinajstić information content (AvgIpc) is 3.32. The maximum atomic E-state index is 13.3. The Morgan fingerprint density at radius 1 is 1.10 bits per heavy atom. The Morgan fingerprint density at radius 2 is 1.80 bits per heavy atom. The van der Waals surface area contributed by atoms with Crippen LogP contribution < -0.4 is 4.74 Å². The van der Waals surface area contributed by atoms with Gasteiger partial charge in [-0.15, -0.1) is 0 Å². The number of H-pyrrole nitrogens is 1. The van der Waals surface area contributed by atoms with E-state index >= 15 is 0 Å². The molecule has 1 aromatic heterocycles. The van der Waals surface area contributed by atoms with E-state index in [9.17, 15) is 4.79 Å². The Labute approximate surface area is 179 Å². The third-order valence-electron chi connectivity index (χ3n) is 5.30. The second kappa shape index (κ2) is 8.47. The number of halogens is 1. The minimum atomic E-state index is -0.569. The number of aromatic nitrogens is 2. The summed E-state index contributed by atoms with van der Waals surface area (Å²) in [5.41, 5.74) is 3.60. The molecule has 3 aromatic rings. The van der Waals surface area contributed by atoms with Crippen LogP contribution in [0.2, 0.25) is 5.02 Å². The molecule has 0 radical (unpaired) electrons. The highest BCUT2D eigenvalue weighted by atomic mass is 35.5. The normalized spacial score (nSPS) is 15.7. The summed E-state index contributed by atoms with van der Waals surface area (Å²) in [5.74, 6) is 0.565. The number of ether oxygens (including phenoxy) is 3. The lowest BCUT2D eigenvalue weighted by Crippen LogP contribution is -2.38. The van der Waals surface area contributed by atoms with E-state index in [0.717, 1.165) is 22.4 Å². The maximum Gasteiger partial charge on any atom is 0.273 e. The minimum absolute atomic E-state index is 0.179. The smallest absolute Gasteiger partial charge is 0.273 e. The zero-order valence-electron chi connectivity index (χ0n) is 16.9. The van der Waals surface area contributed by atoms with Crippen LogP contribution in [0.3, 0.4) is 0 Å². The summed E-state index contributed by atoms with van der Waals surface area (Å²) < 4.78 is 16.0. The van der Waals surface area contributed by atoms with E-state index in [0.29, 0.717) is 16.4 Å². The number of nitrogens with zero attached hydrogens (tertiary/aromatic N) is 2. The molecule has 0 saturated heterocycles. The number of hydrogen-bond donors (Lipinski definition) is 1. The summed E-state index contributed by atoms with van der Waals surface area (Å²) in [7, 11) is 4.71. The highest BCUT2D eigenvalue weighted by molar-refractivity contribution is 6.31. The Morgan fingerprint density at radius 3 is 2.43 bits per heavy atom. The van der Waals surface area contributed by atoms with Crippen LogP contribution >= 0.6 is 11.6 Å². The summed E-state index contributed by atoms with van der Waals surface area (Å²) in [6, 6.07) is 14.6. The summed E-state index contributed by atoms with van der Waals surface area (Å²) >= 11 is 6.55. The molecular weight excluding hydrogens is 406 g/mol. The quantitative estimate of drug-likeness (QED) is 0.578. The fraction of sp³-hybridized carbons (Fsp3) is 0.273. The molecule has 0 bridgehead atoms. The van der Waals surface area contributed by atoms with E-state index in [1.165, 1.54) is 0 Å². The Kier molecular flexibility index (Phi) is 5.76. The first-order valence-corrected chi connectivity index (χ1v) is 9.80. The first-order chi connectivity index (χ1) is 14.6. The second-order valence-electron chi connectivity index (χ2n) is 6.87. The van der Waals surface area contributed by atoms with Crippen molar-refractivity contribution in [3.8, 4) is 17.0 Å². The Balaban J connectivity index is 1.85. The maximum absolute atomic E-state index is 13.3. The molecule has 0 spiro atoms. The molecule has 30 heavy (non-hydrogen) atoms. The van der Waals surface area contributed by atoms with Gasteiger partial charge in [-0.2, -0.15) is 5.10 Å². The summed E-state index contributed by atoms with van der Waals surface area (Å²) in [6.07, 6.45) is -0.569. The third-order valence-corrected chi connectivity index (χ3v) is 5.64. The van der Waals surface area contributed by atoms with Gasteiger partial charge < -0.3 is 19.1 Å². The van der Waals surface area contributed by atoms with Crippen LogP contribution in [-0.4, -0.2) is 55.2 Å². The number of carbonyl (C=O) groups excluding carboxylic acids is 1. The van der Waals surface area contributed by atoms with Crippen LogP contribution in [-0.2, 0) is 9.47 Å². The lowest BCUT2D eigenvalue weighted by Gasteiger charge is -2.29. The molecule has 1 N–H and O–H groups in total. The molecule has 0 fully saturated rings. The van der Waals surface area contributed by atoms with Crippen LogP contribution in [0.4, 0.5) is 0 Å². The average molecular weight is 428 g/mol. The summed E-state index contributed by atoms with van der Waals surface area (Å²) in [6.45, 7) is 0.242. The number of hydrogen-bond acceptors (Lipinski definition) is 5. The van der Waals surface area contributed by atoms with Gasteiger partial charge in [0.15, 0.2) is 6.29 Å². The van der Waals surface area contributed by atoms with Crippen LogP contribution in [0.1, 0.15) is 27.7 Å². The molecule has 2 heterocycles. The van der Waals surface area contributed by atoms with Crippen molar-refractivity contribution in [2.45, 2.75) is 12.3 Å². The number of amides is 1. The van der Waals surface area contributed by atoms with Crippen LogP contribution in [0.5, 0.6) is 5.75 Å². The van der Waals surface area contributed by atoms with Crippen molar-refractivity contribution in [1.82, 2.24) is 15.1 Å². The molecule has 4 rings (SSSR count). The van der Waals surface area contributed by atoms with Gasteiger partial charge in [-0.05, 0) is 35.9 Å². The molecule has 1 amide bonds. The number of aromatic amines is 1. The van der Waals surface area contributed by atoms with E-state index in [1.807, 2.05) is 48.5 Å². The number of methoxy groups -OCH3 is 3. The Hall–Kier alpha value is -2.87. The molecule has 156 valence electrons. The molecule has 1 aliphatic heterocycles. The van der Waals surface area contributed by atoms with Crippen LogP contribution in [0, 0.1) is 0 Å². The number of nitrogens with one attached hydrogen (secondary N) is 1. The van der Waals surface area contributed by atoms with Crippen molar-refractivity contribution in [3.63, 3.8) is 0 Å². The lowest BCUT2D eigenvalue weighted by molar-refractivity contribution is -0.113. The predicted molar refractivity (Wildman–Crippen MR) is 113 cm³/mol. The van der Waals surface area contributed by atoms with Gasteiger partial charge in [-0.3, -0.25) is 9.89 Å². The van der Waals surface area contributed by atoms with Gasteiger partial charge in [0.2, 0.25) is 0 Å². The molecule has 0 aliphatic carbocycles. The van der Waals surface area contributed by atoms with Crippen molar-refractivity contribution >= 4 is 17.5 Å². The number of rotatable bonds is 7. The minimum Gasteiger partial charge on any atom is -0.497 e. The van der Waals surface area contributed by atoms with E-state index < -0.39 is 12.3 Å². The molecule has 1 unspecified atom stereocenters. The van der Waals surface area contributed by atoms with Gasteiger partial charge in [-0.25, -0.2) is 0 Å². The molecule has 7 nitrogen and oxygen atoms in total. The second-order valence-corrected chi connectivity index (χ2v) is 7.28. The molecule has 1 atom stereocenters. The zero-order valence-corrected chi connectivity index (χ0v) is 17.6. The summed E-state index contributed by atoms with van der Waals surface area (Å²) in [4.78, 5) is 15.0. The topological polar surface area (TPSA) is 76.7 Å². The molecule has 2 aromatic carbocycles. The van der Waals surface area contributed by atoms with Crippen molar-refractivity contribution < 1.29 is 19.0 Å². The van der Waals surface area contributed by atoms with Gasteiger partial charge in [0, 0.05) is 30.4 Å². The van der Waals surface area contributed by atoms with Crippen molar-refractivity contribution in [1.29, 1.82) is 0 Å². The lowest BCUT2D eigenvalue weighted by atomic mass is 9.96. The molecular formula is C22H22ClN3O4. The van der Waals surface area contributed by atoms with Gasteiger partial charge in [-0.1, -0.05) is 29.8 Å². The molecule has 1 aliphatic rings. The van der Waals surface area contributed by atoms with Crippen molar-refractivity contribution in [2.75, 3.05) is 27.9 Å². The standard InChI is InChI=1S/C22H22ClN3O4/c1-28-14-10-8-13(9-11-14)19-18-20(25-24-19)22(27)26(12-17(29-2)30-3)21(18)15-6-4-5-7-16(15)23/h4-11,17,21H,12H2,1-3H3,(H,24,25). The highest BCUT2D eigenvalue weighted by Crippen LogP contribution is 2.44. The van der Waals surface area contributed by atoms with Gasteiger partial charge in [0.1, 0.15) is 11.4 Å². The number of fused-ring (bicyclic) bond motifs is 1. The van der Waals surface area contributed by atoms with Gasteiger partial charge in [0.25, 0.3) is 5.91 Å². The number of carbonyl (C=O) groups is 1. The van der Waals surface area contributed by atoms with Gasteiger partial charge in [0.05, 0.1) is 25.4 Å². The molecule has 0 saturated carbocycles. The first kappa shape index (κ1) is 20.4. The van der Waals surface area contributed by atoms with E-state index in [-0.39, 0.29) is 12.5 Å². The van der Waals surface area contributed by atoms with Crippen LogP contribution in [0.15, 0.2) is 48.5 Å². The van der Waals surface area contributed by atoms with Crippen molar-refractivity contribution in [3.05, 3.63) is 70.4 Å². The van der Waals surface area contributed by atoms with Gasteiger partial charge >= 0.3 is 0 Å². The summed E-state index contributed by atoms with van der Waals surface area (Å²) in [5, 5.41) is 7.95. The number of benzene rings is 2. The predicted octanol–water partition coefficient (Wildman–Crippen LogP) is 3.90. The van der Waals surface area contributed by atoms with E-state index in [1.54, 1.807) is 26.2 Å². The fourth-order valence-electron chi connectivity index (χ4n) is 3.78. The van der Waals surface area contributed by atoms with E-state index in [2.05, 4.69) is 10.2 Å². The zero-order chi connectivity index (χ0) is 21.3. The monoisotopic (exact) mass is 427 g/mol. The Bertz CT molecular complexity index is 1050. The third kappa shape index (κ3) is 3.45. The molecule has 8 heteroatoms. The van der Waals surface area contributed by atoms with Crippen molar-refractivity contribution in [2.24, 2.45) is 0 Å². The van der Waals surface area contributed by atoms with Crippen LogP contribution in [0.25, 0.3) is 11.3 Å². The first-order valence-electron chi connectivity index (χ1n) is 9.42. The highest BCUT2D eigenvalue weighted by Gasteiger charge is 2.43. The van der Waals surface area contributed by atoms with E-state index in [4.69, 9.17) is 25.8 Å². The largest absolute Gasteiger partial charge is 0.497 e. The SMILES string of the molecule is COc1ccc(-c2n[nH]c3c2C(c2ccccc2Cl)N(CC(OC)OC)C3=O)cc1. The fourth-order valence-corrected chi connectivity index (χ4v) is 4.02.